The molecule has 0 atom stereocenters. The van der Waals surface area contributed by atoms with Crippen LogP contribution < -0.4 is 20.3 Å². The average molecular weight is 466 g/mol. The van der Waals surface area contributed by atoms with Crippen molar-refractivity contribution in [1.82, 2.24) is 9.97 Å². The third kappa shape index (κ3) is 5.42. The van der Waals surface area contributed by atoms with Crippen molar-refractivity contribution in [2.24, 2.45) is 0 Å². The number of morpholine rings is 1. The van der Waals surface area contributed by atoms with Crippen LogP contribution in [-0.2, 0) is 9.53 Å². The molecule has 2 aromatic carbocycles. The zero-order chi connectivity index (χ0) is 23.2. The maximum Gasteiger partial charge on any atom is 0.247 e. The van der Waals surface area contributed by atoms with E-state index in [2.05, 4.69) is 44.2 Å². The first-order chi connectivity index (χ1) is 16.1. The van der Waals surface area contributed by atoms with E-state index in [0.717, 1.165) is 37.7 Å². The number of ether oxygens (including phenoxy) is 2. The molecule has 9 heteroatoms. The van der Waals surface area contributed by atoms with Gasteiger partial charge in [-0.15, -0.1) is 0 Å². The second-order valence-electron chi connectivity index (χ2n) is 7.27. The van der Waals surface area contributed by atoms with Gasteiger partial charge in [-0.3, -0.25) is 4.79 Å². The van der Waals surface area contributed by atoms with E-state index in [1.54, 1.807) is 25.3 Å². The summed E-state index contributed by atoms with van der Waals surface area (Å²) in [7, 11) is 1.56. The summed E-state index contributed by atoms with van der Waals surface area (Å²) in [6.07, 6.45) is 2.74. The van der Waals surface area contributed by atoms with Crippen molar-refractivity contribution in [3.63, 3.8) is 0 Å². The number of amides is 1. The number of rotatable bonds is 7. The third-order valence-electron chi connectivity index (χ3n) is 5.13. The maximum absolute atomic E-state index is 11.7. The fourth-order valence-electron chi connectivity index (χ4n) is 3.51. The van der Waals surface area contributed by atoms with E-state index in [1.807, 2.05) is 12.1 Å². The smallest absolute Gasteiger partial charge is 0.247 e. The van der Waals surface area contributed by atoms with Gasteiger partial charge in [0.1, 0.15) is 5.75 Å². The van der Waals surface area contributed by atoms with Crippen molar-refractivity contribution < 1.29 is 14.3 Å². The molecule has 1 aliphatic heterocycles. The van der Waals surface area contributed by atoms with E-state index in [1.165, 1.54) is 12.3 Å². The first-order valence-corrected chi connectivity index (χ1v) is 10.8. The lowest BCUT2D eigenvalue weighted by Crippen LogP contribution is -2.36. The lowest BCUT2D eigenvalue weighted by molar-refractivity contribution is -0.111. The molecular formula is C24H24ClN5O3. The fraction of sp³-hybridized carbons (Fsp3) is 0.208. The second kappa shape index (κ2) is 10.3. The largest absolute Gasteiger partial charge is 0.496 e. The number of hydrogen-bond donors (Lipinski definition) is 2. The van der Waals surface area contributed by atoms with Gasteiger partial charge in [0.25, 0.3) is 0 Å². The lowest BCUT2D eigenvalue weighted by Gasteiger charge is -2.29. The Kier molecular flexibility index (Phi) is 7.07. The van der Waals surface area contributed by atoms with Gasteiger partial charge in [0.15, 0.2) is 0 Å². The van der Waals surface area contributed by atoms with Crippen LogP contribution in [0.4, 0.5) is 23.0 Å². The molecule has 0 unspecified atom stereocenters. The van der Waals surface area contributed by atoms with Gasteiger partial charge in [-0.05, 0) is 42.5 Å². The zero-order valence-corrected chi connectivity index (χ0v) is 18.9. The molecule has 33 heavy (non-hydrogen) atoms. The molecule has 4 rings (SSSR count). The topological polar surface area (TPSA) is 88.6 Å². The van der Waals surface area contributed by atoms with Crippen LogP contribution in [0.3, 0.4) is 0 Å². The highest BCUT2D eigenvalue weighted by Crippen LogP contribution is 2.36. The number of nitrogens with zero attached hydrogens (tertiary/aromatic N) is 3. The Bertz CT molecular complexity index is 1160. The summed E-state index contributed by atoms with van der Waals surface area (Å²) in [5.74, 6) is 0.631. The Balaban J connectivity index is 1.63. The van der Waals surface area contributed by atoms with Crippen LogP contribution in [0.15, 0.2) is 61.3 Å². The Morgan fingerprint density at radius 1 is 1.21 bits per heavy atom. The van der Waals surface area contributed by atoms with Gasteiger partial charge in [0.05, 0.1) is 37.2 Å². The van der Waals surface area contributed by atoms with Gasteiger partial charge in [-0.25, -0.2) is 9.97 Å². The average Bonchev–Trinajstić information content (AvgIpc) is 2.86. The highest BCUT2D eigenvalue weighted by atomic mass is 35.5. The number of hydrogen-bond acceptors (Lipinski definition) is 7. The molecule has 0 spiro atoms. The van der Waals surface area contributed by atoms with Crippen LogP contribution in [-0.4, -0.2) is 49.3 Å². The van der Waals surface area contributed by atoms with E-state index < -0.39 is 0 Å². The first kappa shape index (κ1) is 22.6. The summed E-state index contributed by atoms with van der Waals surface area (Å²) in [6.45, 7) is 6.61. The number of anilines is 4. The molecule has 0 saturated carbocycles. The molecule has 1 aromatic heterocycles. The number of carbonyl (C=O) groups is 1. The SMILES string of the molecule is C=CC(=O)Nc1ccc(OC)c(-c2nc(Nc3cccc(N4CCOCC4)c3)ncc2Cl)c1. The summed E-state index contributed by atoms with van der Waals surface area (Å²) in [5.41, 5.74) is 3.62. The molecule has 1 aliphatic rings. The zero-order valence-electron chi connectivity index (χ0n) is 18.2. The van der Waals surface area contributed by atoms with E-state index in [9.17, 15) is 4.79 Å². The summed E-state index contributed by atoms with van der Waals surface area (Å²) in [5, 5.41) is 6.34. The third-order valence-corrected chi connectivity index (χ3v) is 5.41. The molecular weight excluding hydrogens is 442 g/mol. The predicted molar refractivity (Wildman–Crippen MR) is 131 cm³/mol. The molecule has 3 aromatic rings. The summed E-state index contributed by atoms with van der Waals surface area (Å²) < 4.78 is 10.9. The molecule has 0 bridgehead atoms. The summed E-state index contributed by atoms with van der Waals surface area (Å²) in [4.78, 5) is 22.9. The van der Waals surface area contributed by atoms with Crippen molar-refractivity contribution in [1.29, 1.82) is 0 Å². The van der Waals surface area contributed by atoms with Crippen LogP contribution >= 0.6 is 11.6 Å². The molecule has 0 radical (unpaired) electrons. The van der Waals surface area contributed by atoms with Gasteiger partial charge in [-0.1, -0.05) is 24.2 Å². The number of benzene rings is 2. The highest BCUT2D eigenvalue weighted by molar-refractivity contribution is 6.33. The Morgan fingerprint density at radius 3 is 2.79 bits per heavy atom. The molecule has 8 nitrogen and oxygen atoms in total. The number of carbonyl (C=O) groups excluding carboxylic acids is 1. The van der Waals surface area contributed by atoms with Crippen molar-refractivity contribution >= 4 is 40.5 Å². The van der Waals surface area contributed by atoms with Gasteiger partial charge in [-0.2, -0.15) is 0 Å². The molecule has 1 fully saturated rings. The van der Waals surface area contributed by atoms with Crippen LogP contribution in [0.5, 0.6) is 5.75 Å². The monoisotopic (exact) mass is 465 g/mol. The minimum Gasteiger partial charge on any atom is -0.496 e. The molecule has 0 aliphatic carbocycles. The number of nitrogens with one attached hydrogen (secondary N) is 2. The quantitative estimate of drug-likeness (QED) is 0.496. The standard InChI is InChI=1S/C24H24ClN5O3/c1-3-22(31)27-17-7-8-21(32-2)19(14-17)23-20(25)15-26-24(29-23)28-16-5-4-6-18(13-16)30-9-11-33-12-10-30/h3-8,13-15H,1,9-12H2,2H3,(H,27,31)(H,26,28,29). The van der Waals surface area contributed by atoms with E-state index in [-0.39, 0.29) is 5.91 Å². The van der Waals surface area contributed by atoms with Gasteiger partial charge >= 0.3 is 0 Å². The molecule has 2 N–H and O–H groups in total. The van der Waals surface area contributed by atoms with E-state index >= 15 is 0 Å². The number of halogens is 1. The first-order valence-electron chi connectivity index (χ1n) is 10.4. The normalized spacial score (nSPS) is 13.3. The van der Waals surface area contributed by atoms with Crippen molar-refractivity contribution in [3.8, 4) is 17.0 Å². The molecule has 2 heterocycles. The van der Waals surface area contributed by atoms with E-state index in [4.69, 9.17) is 21.1 Å². The van der Waals surface area contributed by atoms with Crippen molar-refractivity contribution in [2.75, 3.05) is 48.9 Å². The fourth-order valence-corrected chi connectivity index (χ4v) is 3.70. The van der Waals surface area contributed by atoms with Crippen LogP contribution in [0, 0.1) is 0 Å². The lowest BCUT2D eigenvalue weighted by atomic mass is 10.1. The Morgan fingerprint density at radius 2 is 2.03 bits per heavy atom. The minimum atomic E-state index is -0.317. The minimum absolute atomic E-state index is 0.317. The van der Waals surface area contributed by atoms with E-state index in [0.29, 0.717) is 33.7 Å². The van der Waals surface area contributed by atoms with Crippen molar-refractivity contribution in [3.05, 3.63) is 66.3 Å². The highest BCUT2D eigenvalue weighted by Gasteiger charge is 2.16. The molecule has 170 valence electrons. The Hall–Kier alpha value is -3.62. The maximum atomic E-state index is 11.7. The molecule has 1 amide bonds. The number of aromatic nitrogens is 2. The van der Waals surface area contributed by atoms with Crippen LogP contribution in [0.2, 0.25) is 5.02 Å². The van der Waals surface area contributed by atoms with Crippen LogP contribution in [0.25, 0.3) is 11.3 Å². The van der Waals surface area contributed by atoms with Gasteiger partial charge in [0.2, 0.25) is 11.9 Å². The predicted octanol–water partition coefficient (Wildman–Crippen LogP) is 4.51. The Labute approximate surface area is 197 Å². The second-order valence-corrected chi connectivity index (χ2v) is 7.68. The summed E-state index contributed by atoms with van der Waals surface area (Å²) in [6, 6.07) is 13.3. The summed E-state index contributed by atoms with van der Waals surface area (Å²) >= 11 is 6.44. The van der Waals surface area contributed by atoms with Crippen LogP contribution in [0.1, 0.15) is 0 Å². The molecule has 1 saturated heterocycles. The number of methoxy groups -OCH3 is 1. The van der Waals surface area contributed by atoms with Crippen molar-refractivity contribution in [2.45, 2.75) is 0 Å². The van der Waals surface area contributed by atoms with Gasteiger partial charge < -0.3 is 25.0 Å². The van der Waals surface area contributed by atoms with Gasteiger partial charge in [0, 0.05) is 35.7 Å².